The van der Waals surface area contributed by atoms with Crippen molar-refractivity contribution in [3.63, 3.8) is 0 Å². The van der Waals surface area contributed by atoms with Crippen molar-refractivity contribution in [2.24, 2.45) is 0 Å². The van der Waals surface area contributed by atoms with E-state index in [1.807, 2.05) is 0 Å². The predicted molar refractivity (Wildman–Crippen MR) is 62.4 cm³/mol. The van der Waals surface area contributed by atoms with Crippen molar-refractivity contribution in [3.8, 4) is 0 Å². The van der Waals surface area contributed by atoms with Crippen LogP contribution in [-0.4, -0.2) is 12.1 Å². The van der Waals surface area contributed by atoms with Gasteiger partial charge in [-0.25, -0.2) is 0 Å². The minimum atomic E-state index is -1.07. The summed E-state index contributed by atoms with van der Waals surface area (Å²) in [5.41, 5.74) is 0. The van der Waals surface area contributed by atoms with Gasteiger partial charge in [-0.2, -0.15) is 0 Å². The van der Waals surface area contributed by atoms with Gasteiger partial charge in [0.1, 0.15) is 0 Å². The third-order valence-electron chi connectivity index (χ3n) is 1.89. The topological polar surface area (TPSA) is 0 Å². The van der Waals surface area contributed by atoms with Gasteiger partial charge in [-0.1, -0.05) is 71.2 Å². The average Bonchev–Trinajstić information content (AvgIpc) is 2.06. The fourth-order valence-electron chi connectivity index (χ4n) is 0.966. The quantitative estimate of drug-likeness (QED) is 0.442. The van der Waals surface area contributed by atoms with Gasteiger partial charge < -0.3 is 0 Å². The smallest absolute Gasteiger partial charge is 0.0894 e. The second-order valence-corrected chi connectivity index (χ2v) is 10.3. The summed E-state index contributed by atoms with van der Waals surface area (Å²) < 4.78 is 1.30. The van der Waals surface area contributed by atoms with Gasteiger partial charge in [-0.15, -0.1) is 0 Å². The molecule has 0 fully saturated rings. The zero-order valence-corrected chi connectivity index (χ0v) is 10.1. The van der Waals surface area contributed by atoms with Crippen LogP contribution in [0.4, 0.5) is 0 Å². The molecule has 0 aromatic heterocycles. The van der Waals surface area contributed by atoms with E-state index in [9.17, 15) is 0 Å². The van der Waals surface area contributed by atoms with Crippen molar-refractivity contribution in [2.45, 2.75) is 13.1 Å². The number of rotatable bonds is 2. The van der Waals surface area contributed by atoms with Gasteiger partial charge in [0.25, 0.3) is 0 Å². The van der Waals surface area contributed by atoms with Crippen LogP contribution in [0.15, 0.2) is 30.3 Å². The summed E-state index contributed by atoms with van der Waals surface area (Å²) in [6.07, 6.45) is 0. The molecule has 0 saturated carbocycles. The maximum Gasteiger partial charge on any atom is 0.0902 e. The number of halogens is 1. The second kappa shape index (κ2) is 3.71. The molecule has 0 atom stereocenters. The minimum Gasteiger partial charge on any atom is -0.0894 e. The molecule has 1 aromatic rings. The number of hydrogen-bond acceptors (Lipinski definition) is 0. The normalized spacial score (nSPS) is 11.5. The Morgan fingerprint density at radius 2 is 1.73 bits per heavy atom. The van der Waals surface area contributed by atoms with E-state index < -0.39 is 8.07 Å². The maximum absolute atomic E-state index is 2.50. The highest BCUT2D eigenvalue weighted by Gasteiger charge is 2.20. The lowest BCUT2D eigenvalue weighted by Gasteiger charge is -2.19. The molecule has 0 spiro atoms. The van der Waals surface area contributed by atoms with Crippen molar-refractivity contribution in [3.05, 3.63) is 30.3 Å². The van der Waals surface area contributed by atoms with Crippen LogP contribution in [0.25, 0.3) is 0 Å². The van der Waals surface area contributed by atoms with E-state index in [-0.39, 0.29) is 0 Å². The molecule has 2 heteroatoms. The molecule has 60 valence electrons. The molecule has 0 nitrogen and oxygen atoms in total. The summed E-state index contributed by atoms with van der Waals surface area (Å²) in [4.78, 5) is 0. The van der Waals surface area contributed by atoms with E-state index in [0.717, 1.165) is 0 Å². The SMILES string of the molecule is C[Si](C)(CI)c1ccccc1. The van der Waals surface area contributed by atoms with Crippen LogP contribution >= 0.6 is 22.6 Å². The molecule has 11 heavy (non-hydrogen) atoms. The summed E-state index contributed by atoms with van der Waals surface area (Å²) in [7, 11) is -1.07. The van der Waals surface area contributed by atoms with Crippen LogP contribution < -0.4 is 5.19 Å². The molecule has 0 amide bonds. The molecule has 0 saturated heterocycles. The highest BCUT2D eigenvalue weighted by atomic mass is 127. The second-order valence-electron chi connectivity index (χ2n) is 3.38. The van der Waals surface area contributed by atoms with Gasteiger partial charge >= 0.3 is 0 Å². The van der Waals surface area contributed by atoms with Crippen molar-refractivity contribution >= 4 is 35.9 Å². The van der Waals surface area contributed by atoms with Gasteiger partial charge in [0.15, 0.2) is 0 Å². The van der Waals surface area contributed by atoms with E-state index in [2.05, 4.69) is 66.0 Å². The van der Waals surface area contributed by atoms with E-state index in [1.54, 1.807) is 5.19 Å². The molecule has 0 bridgehead atoms. The zero-order valence-electron chi connectivity index (χ0n) is 6.97. The molecule has 0 unspecified atom stereocenters. The van der Waals surface area contributed by atoms with Gasteiger partial charge in [0.05, 0.1) is 8.07 Å². The molecule has 0 radical (unpaired) electrons. The Balaban J connectivity index is 2.93. The standard InChI is InChI=1S/C9H13ISi/c1-11(2,8-10)9-6-4-3-5-7-9/h3-7H,8H2,1-2H3. The molecule has 0 N–H and O–H groups in total. The van der Waals surface area contributed by atoms with E-state index >= 15 is 0 Å². The first-order chi connectivity index (χ1) is 5.17. The Bertz CT molecular complexity index is 218. The Morgan fingerprint density at radius 3 is 2.18 bits per heavy atom. The van der Waals surface area contributed by atoms with Gasteiger partial charge in [0.2, 0.25) is 0 Å². The molecular weight excluding hydrogens is 263 g/mol. The largest absolute Gasteiger partial charge is 0.0902 e. The molecule has 0 heterocycles. The fraction of sp³-hybridized carbons (Fsp3) is 0.333. The summed E-state index contributed by atoms with van der Waals surface area (Å²) >= 11 is 2.50. The number of alkyl halides is 1. The molecule has 0 aliphatic heterocycles. The maximum atomic E-state index is 2.50. The first kappa shape index (κ1) is 9.26. The van der Waals surface area contributed by atoms with Gasteiger partial charge in [-0.3, -0.25) is 0 Å². The van der Waals surface area contributed by atoms with Crippen molar-refractivity contribution < 1.29 is 0 Å². The molecule has 0 aliphatic carbocycles. The first-order valence-corrected chi connectivity index (χ1v) is 8.51. The Hall–Kier alpha value is 0.167. The minimum absolute atomic E-state index is 1.07. The number of hydrogen-bond donors (Lipinski definition) is 0. The summed E-state index contributed by atoms with van der Waals surface area (Å²) in [6.45, 7) is 4.82. The van der Waals surface area contributed by atoms with E-state index in [4.69, 9.17) is 0 Å². The lowest BCUT2D eigenvalue weighted by atomic mass is 10.4. The van der Waals surface area contributed by atoms with Crippen LogP contribution in [-0.2, 0) is 0 Å². The summed E-state index contributed by atoms with van der Waals surface area (Å²) in [5, 5.41) is 1.56. The zero-order chi connectivity index (χ0) is 8.32. The predicted octanol–water partition coefficient (Wildman–Crippen LogP) is 2.58. The molecule has 0 aliphatic rings. The highest BCUT2D eigenvalue weighted by Crippen LogP contribution is 2.06. The summed E-state index contributed by atoms with van der Waals surface area (Å²) in [6, 6.07) is 10.9. The Kier molecular flexibility index (Phi) is 3.13. The Morgan fingerprint density at radius 1 is 1.18 bits per heavy atom. The van der Waals surface area contributed by atoms with Crippen molar-refractivity contribution in [2.75, 3.05) is 4.05 Å². The van der Waals surface area contributed by atoms with Gasteiger partial charge in [-0.05, 0) is 4.05 Å². The lowest BCUT2D eigenvalue weighted by Crippen LogP contribution is -2.43. The highest BCUT2D eigenvalue weighted by molar-refractivity contribution is 14.1. The van der Waals surface area contributed by atoms with Gasteiger partial charge in [0, 0.05) is 0 Å². The fourth-order valence-corrected chi connectivity index (χ4v) is 3.54. The number of benzene rings is 1. The molecule has 1 rings (SSSR count). The third-order valence-corrected chi connectivity index (χ3v) is 10.2. The molecular formula is C9H13ISi. The van der Waals surface area contributed by atoms with Crippen LogP contribution in [0.2, 0.25) is 13.1 Å². The van der Waals surface area contributed by atoms with Crippen LogP contribution in [0, 0.1) is 0 Å². The van der Waals surface area contributed by atoms with Crippen molar-refractivity contribution in [1.29, 1.82) is 0 Å². The van der Waals surface area contributed by atoms with Crippen molar-refractivity contribution in [1.82, 2.24) is 0 Å². The van der Waals surface area contributed by atoms with Crippen LogP contribution in [0.5, 0.6) is 0 Å². The van der Waals surface area contributed by atoms with E-state index in [0.29, 0.717) is 0 Å². The summed E-state index contributed by atoms with van der Waals surface area (Å²) in [5.74, 6) is 0. The van der Waals surface area contributed by atoms with E-state index in [1.165, 1.54) is 4.05 Å². The van der Waals surface area contributed by atoms with Crippen LogP contribution in [0.1, 0.15) is 0 Å². The van der Waals surface area contributed by atoms with Crippen LogP contribution in [0.3, 0.4) is 0 Å². The Labute approximate surface area is 83.2 Å². The monoisotopic (exact) mass is 276 g/mol. The first-order valence-electron chi connectivity index (χ1n) is 3.78. The lowest BCUT2D eigenvalue weighted by molar-refractivity contribution is 1.68. The average molecular weight is 276 g/mol. The third kappa shape index (κ3) is 2.30. The molecule has 1 aromatic carbocycles.